The standard InChI is InChI=1S/C30H23NO/c32-30(24-16-8-3-9-17-24)31-28-21-20-27(25-18-10-11-19-26(25)28)29(22-12-4-1-5-13-22)23-14-6-2-7-15-23/h1-21,29H,(H,31,32). The van der Waals surface area contributed by atoms with E-state index in [1.807, 2.05) is 54.6 Å². The van der Waals surface area contributed by atoms with Gasteiger partial charge in [0.15, 0.2) is 0 Å². The number of carbonyl (C=O) groups excluding carboxylic acids is 1. The molecule has 5 rings (SSSR count). The van der Waals surface area contributed by atoms with Crippen molar-refractivity contribution in [3.05, 3.63) is 150 Å². The number of nitrogens with one attached hydrogen (secondary N) is 1. The second-order valence-electron chi connectivity index (χ2n) is 7.82. The lowest BCUT2D eigenvalue weighted by atomic mass is 9.82. The SMILES string of the molecule is O=C(Nc1ccc(C(c2ccccc2)c2ccccc2)c2ccccc12)c1ccccc1. The van der Waals surface area contributed by atoms with Gasteiger partial charge in [-0.1, -0.05) is 109 Å². The topological polar surface area (TPSA) is 29.1 Å². The fourth-order valence-corrected chi connectivity index (χ4v) is 4.31. The largest absolute Gasteiger partial charge is 0.321 e. The van der Waals surface area contributed by atoms with Gasteiger partial charge in [-0.25, -0.2) is 0 Å². The van der Waals surface area contributed by atoms with Crippen LogP contribution in [-0.2, 0) is 0 Å². The van der Waals surface area contributed by atoms with Crippen molar-refractivity contribution < 1.29 is 4.79 Å². The van der Waals surface area contributed by atoms with E-state index in [1.54, 1.807) is 0 Å². The van der Waals surface area contributed by atoms with Gasteiger partial charge >= 0.3 is 0 Å². The molecule has 0 fully saturated rings. The Bertz CT molecular complexity index is 1310. The first-order valence-electron chi connectivity index (χ1n) is 10.8. The first kappa shape index (κ1) is 19.8. The van der Waals surface area contributed by atoms with Crippen molar-refractivity contribution in [2.45, 2.75) is 5.92 Å². The highest BCUT2D eigenvalue weighted by Crippen LogP contribution is 2.38. The van der Waals surface area contributed by atoms with Crippen molar-refractivity contribution in [1.82, 2.24) is 0 Å². The summed E-state index contributed by atoms with van der Waals surface area (Å²) in [4.78, 5) is 12.8. The molecule has 5 aromatic carbocycles. The zero-order valence-electron chi connectivity index (χ0n) is 17.6. The third-order valence-corrected chi connectivity index (χ3v) is 5.82. The molecule has 0 aromatic heterocycles. The minimum Gasteiger partial charge on any atom is -0.321 e. The molecule has 154 valence electrons. The van der Waals surface area contributed by atoms with Gasteiger partial charge in [-0.05, 0) is 40.3 Å². The second kappa shape index (κ2) is 8.91. The van der Waals surface area contributed by atoms with Crippen LogP contribution in [0.3, 0.4) is 0 Å². The lowest BCUT2D eigenvalue weighted by Gasteiger charge is -2.22. The van der Waals surface area contributed by atoms with Crippen molar-refractivity contribution in [3.8, 4) is 0 Å². The van der Waals surface area contributed by atoms with Gasteiger partial charge in [0.2, 0.25) is 0 Å². The molecule has 0 atom stereocenters. The molecule has 0 heterocycles. The molecule has 0 spiro atoms. The summed E-state index contributed by atoms with van der Waals surface area (Å²) in [5, 5.41) is 5.28. The summed E-state index contributed by atoms with van der Waals surface area (Å²) in [6.45, 7) is 0. The molecule has 0 bridgehead atoms. The van der Waals surface area contributed by atoms with E-state index in [4.69, 9.17) is 0 Å². The summed E-state index contributed by atoms with van der Waals surface area (Å²) in [5.41, 5.74) is 5.16. The van der Waals surface area contributed by atoms with Crippen molar-refractivity contribution in [2.24, 2.45) is 0 Å². The molecule has 0 radical (unpaired) electrons. The molecular weight excluding hydrogens is 390 g/mol. The van der Waals surface area contributed by atoms with E-state index in [0.29, 0.717) is 5.56 Å². The quantitative estimate of drug-likeness (QED) is 0.302. The van der Waals surface area contributed by atoms with Gasteiger partial charge in [0.05, 0.1) is 0 Å². The van der Waals surface area contributed by atoms with Gasteiger partial charge in [-0.2, -0.15) is 0 Å². The first-order chi connectivity index (χ1) is 15.8. The molecule has 0 saturated heterocycles. The predicted molar refractivity (Wildman–Crippen MR) is 132 cm³/mol. The molecular formula is C30H23NO. The minimum absolute atomic E-state index is 0.0983. The van der Waals surface area contributed by atoms with Crippen LogP contribution in [0.4, 0.5) is 5.69 Å². The molecule has 0 aliphatic carbocycles. The molecule has 0 unspecified atom stereocenters. The van der Waals surface area contributed by atoms with Gasteiger partial charge in [0.25, 0.3) is 5.91 Å². The smallest absolute Gasteiger partial charge is 0.255 e. The Morgan fingerprint density at radius 2 is 1.03 bits per heavy atom. The van der Waals surface area contributed by atoms with E-state index in [0.717, 1.165) is 16.5 Å². The van der Waals surface area contributed by atoms with Crippen LogP contribution in [0.15, 0.2) is 127 Å². The maximum Gasteiger partial charge on any atom is 0.255 e. The minimum atomic E-state index is -0.105. The molecule has 5 aromatic rings. The zero-order valence-corrected chi connectivity index (χ0v) is 17.6. The van der Waals surface area contributed by atoms with Crippen LogP contribution in [0.25, 0.3) is 10.8 Å². The summed E-state index contributed by atoms with van der Waals surface area (Å²) < 4.78 is 0. The van der Waals surface area contributed by atoms with Gasteiger partial charge in [0.1, 0.15) is 0 Å². The van der Waals surface area contributed by atoms with E-state index in [9.17, 15) is 4.79 Å². The predicted octanol–water partition coefficient (Wildman–Crippen LogP) is 7.27. The fraction of sp³-hybridized carbons (Fsp3) is 0.0333. The van der Waals surface area contributed by atoms with Crippen LogP contribution in [0.2, 0.25) is 0 Å². The van der Waals surface area contributed by atoms with Crippen molar-refractivity contribution >= 4 is 22.4 Å². The number of fused-ring (bicyclic) bond motifs is 1. The van der Waals surface area contributed by atoms with Crippen LogP contribution in [0.5, 0.6) is 0 Å². The average Bonchev–Trinajstić information content (AvgIpc) is 2.87. The molecule has 0 saturated carbocycles. The molecule has 1 N–H and O–H groups in total. The molecule has 0 aliphatic rings. The third kappa shape index (κ3) is 3.91. The molecule has 2 nitrogen and oxygen atoms in total. The number of benzene rings is 5. The van der Waals surface area contributed by atoms with Gasteiger partial charge < -0.3 is 5.32 Å². The van der Waals surface area contributed by atoms with Crippen LogP contribution < -0.4 is 5.32 Å². The Labute approximate surface area is 188 Å². The fourth-order valence-electron chi connectivity index (χ4n) is 4.31. The maximum atomic E-state index is 12.8. The number of anilines is 1. The molecule has 1 amide bonds. The summed E-state index contributed by atoms with van der Waals surface area (Å²) in [5.74, 6) is -0.00709. The van der Waals surface area contributed by atoms with Gasteiger partial charge in [0, 0.05) is 22.6 Å². The molecule has 2 heteroatoms. The molecule has 0 aliphatic heterocycles. The normalized spacial score (nSPS) is 10.9. The summed E-state index contributed by atoms with van der Waals surface area (Å²) >= 11 is 0. The molecule has 32 heavy (non-hydrogen) atoms. The number of rotatable bonds is 5. The number of amides is 1. The first-order valence-corrected chi connectivity index (χ1v) is 10.8. The number of carbonyl (C=O) groups is 1. The zero-order chi connectivity index (χ0) is 21.8. The van der Waals surface area contributed by atoms with Gasteiger partial charge in [-0.3, -0.25) is 4.79 Å². The van der Waals surface area contributed by atoms with Crippen LogP contribution in [0, 0.1) is 0 Å². The number of hydrogen-bond donors (Lipinski definition) is 1. The summed E-state index contributed by atoms with van der Waals surface area (Å²) in [6.07, 6.45) is 0. The third-order valence-electron chi connectivity index (χ3n) is 5.82. The highest BCUT2D eigenvalue weighted by molar-refractivity contribution is 6.09. The Balaban J connectivity index is 1.63. The van der Waals surface area contributed by atoms with Crippen molar-refractivity contribution in [3.63, 3.8) is 0 Å². The van der Waals surface area contributed by atoms with Gasteiger partial charge in [-0.15, -0.1) is 0 Å². The monoisotopic (exact) mass is 413 g/mol. The van der Waals surface area contributed by atoms with E-state index in [-0.39, 0.29) is 11.8 Å². The van der Waals surface area contributed by atoms with E-state index < -0.39 is 0 Å². The van der Waals surface area contributed by atoms with Crippen molar-refractivity contribution in [1.29, 1.82) is 0 Å². The lowest BCUT2D eigenvalue weighted by Crippen LogP contribution is -2.12. The highest BCUT2D eigenvalue weighted by atomic mass is 16.1. The second-order valence-corrected chi connectivity index (χ2v) is 7.82. The highest BCUT2D eigenvalue weighted by Gasteiger charge is 2.20. The lowest BCUT2D eigenvalue weighted by molar-refractivity contribution is 0.102. The van der Waals surface area contributed by atoms with Crippen LogP contribution in [-0.4, -0.2) is 5.91 Å². The van der Waals surface area contributed by atoms with E-state index in [2.05, 4.69) is 78.1 Å². The Hall–Kier alpha value is -4.17. The Kier molecular flexibility index (Phi) is 5.50. The Morgan fingerprint density at radius 1 is 0.531 bits per heavy atom. The Morgan fingerprint density at radius 3 is 1.62 bits per heavy atom. The maximum absolute atomic E-state index is 12.8. The van der Waals surface area contributed by atoms with E-state index in [1.165, 1.54) is 16.7 Å². The summed E-state index contributed by atoms with van der Waals surface area (Å²) in [7, 11) is 0. The van der Waals surface area contributed by atoms with Crippen LogP contribution >= 0.6 is 0 Å². The summed E-state index contributed by atoms with van der Waals surface area (Å²) in [6, 6.07) is 42.9. The van der Waals surface area contributed by atoms with Crippen LogP contribution in [0.1, 0.15) is 33.0 Å². The van der Waals surface area contributed by atoms with Crippen molar-refractivity contribution in [2.75, 3.05) is 5.32 Å². The number of hydrogen-bond acceptors (Lipinski definition) is 1. The van der Waals surface area contributed by atoms with E-state index >= 15 is 0 Å². The average molecular weight is 414 g/mol.